The topological polar surface area (TPSA) is 61.0 Å². The molecule has 1 aromatic heterocycles. The molecular weight excluding hydrogens is 226 g/mol. The molecule has 0 spiro atoms. The molecule has 1 aliphatic carbocycles. The van der Waals surface area contributed by atoms with Crippen molar-refractivity contribution in [1.82, 2.24) is 9.97 Å². The Hall–Kier alpha value is -1.16. The molecule has 1 heterocycles. The summed E-state index contributed by atoms with van der Waals surface area (Å²) < 4.78 is 6.02. The SMILES string of the molecule is Cc1cc(OC2CCCC2CN)nc(C(C)C)n1. The number of hydrogen-bond acceptors (Lipinski definition) is 4. The monoisotopic (exact) mass is 249 g/mol. The zero-order valence-corrected chi connectivity index (χ0v) is 11.5. The van der Waals surface area contributed by atoms with E-state index in [0.29, 0.717) is 24.3 Å². The second-order valence-electron chi connectivity index (χ2n) is 5.44. The molecule has 2 rings (SSSR count). The van der Waals surface area contributed by atoms with Crippen molar-refractivity contribution in [3.8, 4) is 5.88 Å². The van der Waals surface area contributed by atoms with Gasteiger partial charge in [-0.15, -0.1) is 0 Å². The van der Waals surface area contributed by atoms with Crippen LogP contribution >= 0.6 is 0 Å². The lowest BCUT2D eigenvalue weighted by Crippen LogP contribution is -2.28. The van der Waals surface area contributed by atoms with Crippen LogP contribution in [0.15, 0.2) is 6.07 Å². The number of hydrogen-bond donors (Lipinski definition) is 1. The Morgan fingerprint density at radius 3 is 2.83 bits per heavy atom. The van der Waals surface area contributed by atoms with Crippen LogP contribution in [0.3, 0.4) is 0 Å². The van der Waals surface area contributed by atoms with Gasteiger partial charge in [0.15, 0.2) is 0 Å². The second-order valence-corrected chi connectivity index (χ2v) is 5.44. The lowest BCUT2D eigenvalue weighted by Gasteiger charge is -2.20. The van der Waals surface area contributed by atoms with E-state index in [2.05, 4.69) is 23.8 Å². The molecule has 100 valence electrons. The minimum atomic E-state index is 0.226. The Balaban J connectivity index is 2.13. The molecule has 18 heavy (non-hydrogen) atoms. The summed E-state index contributed by atoms with van der Waals surface area (Å²) in [6.45, 7) is 6.87. The van der Waals surface area contributed by atoms with Crippen molar-refractivity contribution in [2.24, 2.45) is 11.7 Å². The first-order valence-corrected chi connectivity index (χ1v) is 6.82. The van der Waals surface area contributed by atoms with Gasteiger partial charge in [-0.25, -0.2) is 4.98 Å². The fraction of sp³-hybridized carbons (Fsp3) is 0.714. The highest BCUT2D eigenvalue weighted by Crippen LogP contribution is 2.28. The molecule has 0 amide bonds. The first-order valence-electron chi connectivity index (χ1n) is 6.82. The molecule has 2 atom stereocenters. The minimum Gasteiger partial charge on any atom is -0.474 e. The van der Waals surface area contributed by atoms with Crippen molar-refractivity contribution in [1.29, 1.82) is 0 Å². The lowest BCUT2D eigenvalue weighted by molar-refractivity contribution is 0.154. The van der Waals surface area contributed by atoms with E-state index < -0.39 is 0 Å². The predicted molar refractivity (Wildman–Crippen MR) is 71.7 cm³/mol. The molecule has 4 heteroatoms. The van der Waals surface area contributed by atoms with Gasteiger partial charge in [-0.1, -0.05) is 13.8 Å². The van der Waals surface area contributed by atoms with E-state index >= 15 is 0 Å². The van der Waals surface area contributed by atoms with Gasteiger partial charge in [-0.3, -0.25) is 0 Å². The van der Waals surface area contributed by atoms with Crippen LogP contribution in [0.4, 0.5) is 0 Å². The van der Waals surface area contributed by atoms with Gasteiger partial charge >= 0.3 is 0 Å². The standard InChI is InChI=1S/C14H23N3O/c1-9(2)14-16-10(3)7-13(17-14)18-12-6-4-5-11(12)8-15/h7,9,11-12H,4-6,8,15H2,1-3H3. The summed E-state index contributed by atoms with van der Waals surface area (Å²) in [5.41, 5.74) is 6.74. The highest BCUT2D eigenvalue weighted by atomic mass is 16.5. The number of rotatable bonds is 4. The van der Waals surface area contributed by atoms with E-state index in [1.807, 2.05) is 13.0 Å². The molecule has 1 aromatic rings. The van der Waals surface area contributed by atoms with Gasteiger partial charge in [0.25, 0.3) is 0 Å². The average Bonchev–Trinajstić information content (AvgIpc) is 2.75. The zero-order valence-electron chi connectivity index (χ0n) is 11.5. The van der Waals surface area contributed by atoms with Crippen LogP contribution in [0.2, 0.25) is 0 Å². The second kappa shape index (κ2) is 5.65. The highest BCUT2D eigenvalue weighted by Gasteiger charge is 2.28. The Morgan fingerprint density at radius 1 is 1.39 bits per heavy atom. The molecule has 0 bridgehead atoms. The molecule has 1 aliphatic rings. The Morgan fingerprint density at radius 2 is 2.17 bits per heavy atom. The largest absolute Gasteiger partial charge is 0.474 e. The summed E-state index contributed by atoms with van der Waals surface area (Å²) in [6.07, 6.45) is 3.68. The molecule has 0 radical (unpaired) electrons. The predicted octanol–water partition coefficient (Wildman–Crippen LogP) is 2.41. The maximum Gasteiger partial charge on any atom is 0.217 e. The number of aromatic nitrogens is 2. The van der Waals surface area contributed by atoms with E-state index in [1.54, 1.807) is 0 Å². The number of aryl methyl sites for hydroxylation is 1. The third kappa shape index (κ3) is 2.99. The van der Waals surface area contributed by atoms with Crippen molar-refractivity contribution in [3.05, 3.63) is 17.6 Å². The Kier molecular flexibility index (Phi) is 4.17. The van der Waals surface area contributed by atoms with E-state index in [1.165, 1.54) is 12.8 Å². The van der Waals surface area contributed by atoms with Gasteiger partial charge in [-0.2, -0.15) is 4.98 Å². The van der Waals surface area contributed by atoms with Gasteiger partial charge in [-0.05, 0) is 32.7 Å². The third-order valence-electron chi connectivity index (χ3n) is 3.53. The molecule has 2 unspecified atom stereocenters. The molecule has 1 saturated carbocycles. The molecule has 0 saturated heterocycles. The molecular formula is C14H23N3O. The summed E-state index contributed by atoms with van der Waals surface area (Å²) in [5.74, 6) is 2.35. The third-order valence-corrected chi connectivity index (χ3v) is 3.53. The summed E-state index contributed by atoms with van der Waals surface area (Å²) in [6, 6.07) is 1.91. The Labute approximate surface area is 109 Å². The van der Waals surface area contributed by atoms with E-state index in [0.717, 1.165) is 17.9 Å². The maximum atomic E-state index is 6.02. The van der Waals surface area contributed by atoms with Gasteiger partial charge in [0.1, 0.15) is 11.9 Å². The zero-order chi connectivity index (χ0) is 13.1. The smallest absolute Gasteiger partial charge is 0.217 e. The Bertz CT molecular complexity index is 406. The van der Waals surface area contributed by atoms with Crippen LogP contribution in [-0.4, -0.2) is 22.6 Å². The van der Waals surface area contributed by atoms with Crippen LogP contribution in [0.1, 0.15) is 50.5 Å². The van der Waals surface area contributed by atoms with E-state index in [4.69, 9.17) is 10.5 Å². The van der Waals surface area contributed by atoms with Crippen molar-refractivity contribution >= 4 is 0 Å². The number of nitrogens with two attached hydrogens (primary N) is 1. The van der Waals surface area contributed by atoms with Crippen LogP contribution in [-0.2, 0) is 0 Å². The van der Waals surface area contributed by atoms with Crippen molar-refractivity contribution in [2.45, 2.75) is 52.1 Å². The van der Waals surface area contributed by atoms with Crippen molar-refractivity contribution in [3.63, 3.8) is 0 Å². The molecule has 2 N–H and O–H groups in total. The normalized spacial score (nSPS) is 23.6. The van der Waals surface area contributed by atoms with E-state index in [-0.39, 0.29) is 6.10 Å². The van der Waals surface area contributed by atoms with E-state index in [9.17, 15) is 0 Å². The summed E-state index contributed by atoms with van der Waals surface area (Å²) in [4.78, 5) is 8.92. The van der Waals surface area contributed by atoms with Gasteiger partial charge < -0.3 is 10.5 Å². The van der Waals surface area contributed by atoms with Crippen LogP contribution in [0.25, 0.3) is 0 Å². The average molecular weight is 249 g/mol. The fourth-order valence-electron chi connectivity index (χ4n) is 2.46. The van der Waals surface area contributed by atoms with Crippen molar-refractivity contribution < 1.29 is 4.74 Å². The molecule has 0 aliphatic heterocycles. The minimum absolute atomic E-state index is 0.226. The maximum absolute atomic E-state index is 6.02. The van der Waals surface area contributed by atoms with Crippen LogP contribution in [0.5, 0.6) is 5.88 Å². The highest BCUT2D eigenvalue weighted by molar-refractivity contribution is 5.17. The van der Waals surface area contributed by atoms with Gasteiger partial charge in [0.2, 0.25) is 5.88 Å². The fourth-order valence-corrected chi connectivity index (χ4v) is 2.46. The van der Waals surface area contributed by atoms with Crippen LogP contribution in [0, 0.1) is 12.8 Å². The first-order chi connectivity index (χ1) is 8.60. The number of nitrogens with zero attached hydrogens (tertiary/aromatic N) is 2. The molecule has 4 nitrogen and oxygen atoms in total. The molecule has 0 aromatic carbocycles. The van der Waals surface area contributed by atoms with Crippen molar-refractivity contribution in [2.75, 3.05) is 6.54 Å². The number of ether oxygens (including phenoxy) is 1. The summed E-state index contributed by atoms with van der Waals surface area (Å²) in [5, 5.41) is 0. The van der Waals surface area contributed by atoms with Gasteiger partial charge in [0.05, 0.1) is 0 Å². The first kappa shape index (κ1) is 13.3. The summed E-state index contributed by atoms with van der Waals surface area (Å²) in [7, 11) is 0. The molecule has 1 fully saturated rings. The van der Waals surface area contributed by atoms with Gasteiger partial charge in [0, 0.05) is 23.6 Å². The van der Waals surface area contributed by atoms with Crippen LogP contribution < -0.4 is 10.5 Å². The quantitative estimate of drug-likeness (QED) is 0.890. The summed E-state index contributed by atoms with van der Waals surface area (Å²) >= 11 is 0. The lowest BCUT2D eigenvalue weighted by atomic mass is 10.1.